The monoisotopic (exact) mass is 248 g/mol. The lowest BCUT2D eigenvalue weighted by Crippen LogP contribution is -2.37. The van der Waals surface area contributed by atoms with Crippen molar-refractivity contribution in [2.75, 3.05) is 13.2 Å². The molecule has 1 unspecified atom stereocenters. The van der Waals surface area contributed by atoms with Gasteiger partial charge in [-0.1, -0.05) is 19.9 Å². The van der Waals surface area contributed by atoms with Crippen molar-refractivity contribution in [3.05, 3.63) is 30.5 Å². The van der Waals surface area contributed by atoms with Crippen LogP contribution in [0.25, 0.3) is 10.9 Å². The Morgan fingerprint density at radius 1 is 1.33 bits per heavy atom. The molecule has 1 aromatic heterocycles. The van der Waals surface area contributed by atoms with Gasteiger partial charge in [0.2, 0.25) is 0 Å². The molecule has 4 nitrogen and oxygen atoms in total. The first kappa shape index (κ1) is 12.9. The van der Waals surface area contributed by atoms with Crippen molar-refractivity contribution in [2.24, 2.45) is 0 Å². The van der Waals surface area contributed by atoms with Crippen molar-refractivity contribution < 1.29 is 9.84 Å². The molecule has 0 fully saturated rings. The van der Waals surface area contributed by atoms with Crippen molar-refractivity contribution in [1.82, 2.24) is 10.3 Å². The number of ether oxygens (including phenoxy) is 1. The molecule has 18 heavy (non-hydrogen) atoms. The summed E-state index contributed by atoms with van der Waals surface area (Å²) in [6.45, 7) is 4.78. The fraction of sp³-hybridized carbons (Fsp3) is 0.429. The summed E-state index contributed by atoms with van der Waals surface area (Å²) < 4.78 is 5.85. The van der Waals surface area contributed by atoms with Gasteiger partial charge in [0.25, 0.3) is 0 Å². The van der Waals surface area contributed by atoms with Gasteiger partial charge in [0, 0.05) is 29.7 Å². The van der Waals surface area contributed by atoms with Crippen LogP contribution in [0, 0.1) is 0 Å². The third-order valence-corrected chi connectivity index (χ3v) is 2.81. The van der Waals surface area contributed by atoms with Crippen molar-refractivity contribution in [1.29, 1.82) is 0 Å². The van der Waals surface area contributed by atoms with Gasteiger partial charge in [-0.3, -0.25) is 0 Å². The number of nitrogens with one attached hydrogen (secondary N) is 2. The predicted octanol–water partition coefficient (Wildman–Crippen LogP) is 1.91. The second-order valence-electron chi connectivity index (χ2n) is 4.68. The zero-order valence-corrected chi connectivity index (χ0v) is 10.8. The van der Waals surface area contributed by atoms with E-state index in [-0.39, 0.29) is 12.7 Å². The fourth-order valence-corrected chi connectivity index (χ4v) is 1.85. The van der Waals surface area contributed by atoms with Crippen molar-refractivity contribution in [3.8, 4) is 5.75 Å². The van der Waals surface area contributed by atoms with E-state index in [1.165, 1.54) is 0 Å². The first-order chi connectivity index (χ1) is 8.70. The lowest BCUT2D eigenvalue weighted by atomic mass is 10.2. The topological polar surface area (TPSA) is 57.3 Å². The van der Waals surface area contributed by atoms with Crippen LogP contribution in [0.15, 0.2) is 30.5 Å². The lowest BCUT2D eigenvalue weighted by Gasteiger charge is -2.19. The molecule has 98 valence electrons. The fourth-order valence-electron chi connectivity index (χ4n) is 1.85. The number of H-pyrrole nitrogens is 1. The molecular formula is C14H20N2O2. The molecule has 0 spiro atoms. The molecule has 1 atom stereocenters. The van der Waals surface area contributed by atoms with Crippen molar-refractivity contribution in [2.45, 2.75) is 26.0 Å². The molecule has 0 bridgehead atoms. The van der Waals surface area contributed by atoms with Crippen LogP contribution in [0.2, 0.25) is 0 Å². The number of hydrogen-bond acceptors (Lipinski definition) is 3. The highest BCUT2D eigenvalue weighted by atomic mass is 16.5. The van der Waals surface area contributed by atoms with Crippen LogP contribution in [-0.2, 0) is 0 Å². The Hall–Kier alpha value is -1.52. The average molecular weight is 248 g/mol. The Kier molecular flexibility index (Phi) is 4.23. The average Bonchev–Trinajstić information content (AvgIpc) is 2.83. The standard InChI is InChI=1S/C14H20N2O2/c1-10(2)16-8-11(9-17)18-14-5-3-4-13-12(14)6-7-15-13/h3-7,10-11,15-17H,8-9H2,1-2H3. The number of aliphatic hydroxyl groups is 1. The van der Waals surface area contributed by atoms with Gasteiger partial charge in [0.1, 0.15) is 11.9 Å². The van der Waals surface area contributed by atoms with E-state index < -0.39 is 0 Å². The molecule has 0 radical (unpaired) electrons. The molecule has 4 heteroatoms. The third-order valence-electron chi connectivity index (χ3n) is 2.81. The molecule has 0 saturated carbocycles. The minimum atomic E-state index is -0.229. The molecule has 0 saturated heterocycles. The molecule has 0 aliphatic carbocycles. The molecule has 3 N–H and O–H groups in total. The van der Waals surface area contributed by atoms with E-state index in [0.29, 0.717) is 12.6 Å². The van der Waals surface area contributed by atoms with E-state index in [0.717, 1.165) is 16.7 Å². The van der Waals surface area contributed by atoms with Crippen LogP contribution in [-0.4, -0.2) is 35.4 Å². The van der Waals surface area contributed by atoms with E-state index in [1.54, 1.807) is 0 Å². The van der Waals surface area contributed by atoms with E-state index in [2.05, 4.69) is 24.1 Å². The predicted molar refractivity (Wildman–Crippen MR) is 72.9 cm³/mol. The lowest BCUT2D eigenvalue weighted by molar-refractivity contribution is 0.114. The number of benzene rings is 1. The Labute approximate surface area is 107 Å². The summed E-state index contributed by atoms with van der Waals surface area (Å²) in [5.41, 5.74) is 1.04. The molecule has 2 aromatic rings. The van der Waals surface area contributed by atoms with E-state index in [9.17, 15) is 5.11 Å². The summed E-state index contributed by atoms with van der Waals surface area (Å²) >= 11 is 0. The molecule has 0 aliphatic rings. The summed E-state index contributed by atoms with van der Waals surface area (Å²) in [7, 11) is 0. The maximum Gasteiger partial charge on any atom is 0.134 e. The van der Waals surface area contributed by atoms with Crippen molar-refractivity contribution in [3.63, 3.8) is 0 Å². The Morgan fingerprint density at radius 3 is 2.89 bits per heavy atom. The summed E-state index contributed by atoms with van der Waals surface area (Å²) in [6, 6.07) is 8.23. The Morgan fingerprint density at radius 2 is 2.17 bits per heavy atom. The second-order valence-corrected chi connectivity index (χ2v) is 4.68. The Bertz CT molecular complexity index is 493. The summed E-state index contributed by atoms with van der Waals surface area (Å²) in [4.78, 5) is 3.14. The van der Waals surface area contributed by atoms with Gasteiger partial charge in [-0.15, -0.1) is 0 Å². The number of aromatic nitrogens is 1. The summed E-state index contributed by atoms with van der Waals surface area (Å²) in [5.74, 6) is 0.804. The molecule has 0 aliphatic heterocycles. The van der Waals surface area contributed by atoms with Crippen LogP contribution >= 0.6 is 0 Å². The van der Waals surface area contributed by atoms with Gasteiger partial charge >= 0.3 is 0 Å². The number of aromatic amines is 1. The molecular weight excluding hydrogens is 228 g/mol. The smallest absolute Gasteiger partial charge is 0.134 e. The van der Waals surface area contributed by atoms with Gasteiger partial charge in [-0.2, -0.15) is 0 Å². The first-order valence-electron chi connectivity index (χ1n) is 6.27. The normalized spacial score (nSPS) is 13.1. The largest absolute Gasteiger partial charge is 0.486 e. The second kappa shape index (κ2) is 5.89. The number of hydrogen-bond donors (Lipinski definition) is 3. The summed E-state index contributed by atoms with van der Waals surface area (Å²) in [5, 5.41) is 13.7. The maximum atomic E-state index is 9.35. The molecule has 1 aromatic carbocycles. The SMILES string of the molecule is CC(C)NCC(CO)Oc1cccc2[nH]ccc12. The van der Waals surface area contributed by atoms with E-state index >= 15 is 0 Å². The Balaban J connectivity index is 2.09. The van der Waals surface area contributed by atoms with Gasteiger partial charge in [-0.25, -0.2) is 0 Å². The zero-order valence-electron chi connectivity index (χ0n) is 10.8. The van der Waals surface area contributed by atoms with Crippen LogP contribution in [0.3, 0.4) is 0 Å². The minimum Gasteiger partial charge on any atom is -0.486 e. The summed E-state index contributed by atoms with van der Waals surface area (Å²) in [6.07, 6.45) is 1.66. The quantitative estimate of drug-likeness (QED) is 0.732. The van der Waals surface area contributed by atoms with Crippen LogP contribution in [0.1, 0.15) is 13.8 Å². The first-order valence-corrected chi connectivity index (χ1v) is 6.27. The maximum absolute atomic E-state index is 9.35. The van der Waals surface area contributed by atoms with Crippen LogP contribution in [0.4, 0.5) is 0 Å². The third kappa shape index (κ3) is 3.03. The highest BCUT2D eigenvalue weighted by Crippen LogP contribution is 2.25. The molecule has 2 rings (SSSR count). The van der Waals surface area contributed by atoms with Gasteiger partial charge in [0.15, 0.2) is 0 Å². The van der Waals surface area contributed by atoms with Gasteiger partial charge in [-0.05, 0) is 18.2 Å². The van der Waals surface area contributed by atoms with Gasteiger partial charge < -0.3 is 20.1 Å². The van der Waals surface area contributed by atoms with E-state index in [4.69, 9.17) is 4.74 Å². The van der Waals surface area contributed by atoms with Gasteiger partial charge in [0.05, 0.1) is 6.61 Å². The highest BCUT2D eigenvalue weighted by Gasteiger charge is 2.11. The molecule has 1 heterocycles. The van der Waals surface area contributed by atoms with Crippen LogP contribution in [0.5, 0.6) is 5.75 Å². The van der Waals surface area contributed by atoms with Crippen LogP contribution < -0.4 is 10.1 Å². The number of rotatable bonds is 6. The van der Waals surface area contributed by atoms with E-state index in [1.807, 2.05) is 30.5 Å². The number of fused-ring (bicyclic) bond motifs is 1. The zero-order chi connectivity index (χ0) is 13.0. The number of aliphatic hydroxyl groups excluding tert-OH is 1. The van der Waals surface area contributed by atoms with Crippen molar-refractivity contribution >= 4 is 10.9 Å². The molecule has 0 amide bonds. The minimum absolute atomic E-state index is 0.000526. The highest BCUT2D eigenvalue weighted by molar-refractivity contribution is 5.85.